The number of nitrogens with zero attached hydrogens (tertiary/aromatic N) is 1. The first-order valence-corrected chi connectivity index (χ1v) is 4.18. The van der Waals surface area contributed by atoms with Gasteiger partial charge in [0.25, 0.3) is 0 Å². The zero-order valence-corrected chi connectivity index (χ0v) is 7.41. The van der Waals surface area contributed by atoms with Crippen LogP contribution < -0.4 is 5.73 Å². The van der Waals surface area contributed by atoms with E-state index < -0.39 is 0 Å². The van der Waals surface area contributed by atoms with Crippen molar-refractivity contribution in [1.82, 2.24) is 4.98 Å². The van der Waals surface area contributed by atoms with Crippen LogP contribution in [0.2, 0.25) is 0 Å². The Hall–Kier alpha value is -0.420. The number of halogens is 1. The van der Waals surface area contributed by atoms with E-state index in [0.29, 0.717) is 0 Å². The molecule has 5 heteroatoms. The van der Waals surface area contributed by atoms with E-state index in [1.165, 1.54) is 11.3 Å². The van der Waals surface area contributed by atoms with Gasteiger partial charge in [-0.15, -0.1) is 11.3 Å². The van der Waals surface area contributed by atoms with Gasteiger partial charge >= 0.3 is 0 Å². The van der Waals surface area contributed by atoms with Crippen LogP contribution in [0, 0.1) is 0 Å². The number of nitrogens with two attached hydrogens (primary N) is 1. The van der Waals surface area contributed by atoms with Crippen LogP contribution >= 0.6 is 27.3 Å². The van der Waals surface area contributed by atoms with Gasteiger partial charge in [0.05, 0.1) is 6.42 Å². The number of primary amides is 1. The summed E-state index contributed by atoms with van der Waals surface area (Å²) in [6.07, 6.45) is 1.92. The van der Waals surface area contributed by atoms with Gasteiger partial charge in [-0.3, -0.25) is 4.79 Å². The van der Waals surface area contributed by atoms with Crippen molar-refractivity contribution in [1.29, 1.82) is 0 Å². The molecule has 0 saturated carbocycles. The first-order valence-electron chi connectivity index (χ1n) is 2.57. The van der Waals surface area contributed by atoms with Crippen molar-refractivity contribution in [3.63, 3.8) is 0 Å². The van der Waals surface area contributed by atoms with Crippen LogP contribution in [0.5, 0.6) is 0 Å². The Labute approximate surface area is 70.4 Å². The predicted octanol–water partition coefficient (Wildman–Crippen LogP) is 0.933. The average Bonchev–Trinajstić information content (AvgIpc) is 2.13. The summed E-state index contributed by atoms with van der Waals surface area (Å²) in [6.45, 7) is 0. The Kier molecular flexibility index (Phi) is 2.39. The SMILES string of the molecule is NC(=O)Cc1cnc(Br)s1. The van der Waals surface area contributed by atoms with E-state index in [2.05, 4.69) is 20.9 Å². The first-order chi connectivity index (χ1) is 4.68. The molecule has 10 heavy (non-hydrogen) atoms. The maximum atomic E-state index is 10.4. The Morgan fingerprint density at radius 2 is 2.60 bits per heavy atom. The lowest BCUT2D eigenvalue weighted by Crippen LogP contribution is -2.12. The van der Waals surface area contributed by atoms with Crippen molar-refractivity contribution in [3.05, 3.63) is 15.0 Å². The molecule has 3 nitrogen and oxygen atoms in total. The Morgan fingerprint density at radius 3 is 3.00 bits per heavy atom. The van der Waals surface area contributed by atoms with Crippen molar-refractivity contribution in [2.24, 2.45) is 5.73 Å². The second kappa shape index (κ2) is 3.12. The highest BCUT2D eigenvalue weighted by Gasteiger charge is 2.01. The number of hydrogen-bond acceptors (Lipinski definition) is 3. The van der Waals surface area contributed by atoms with Gasteiger partial charge in [-0.25, -0.2) is 4.98 Å². The van der Waals surface area contributed by atoms with Crippen molar-refractivity contribution in [3.8, 4) is 0 Å². The van der Waals surface area contributed by atoms with E-state index in [0.717, 1.165) is 8.79 Å². The molecular formula is C5H5BrN2OS. The monoisotopic (exact) mass is 220 g/mol. The third-order valence-electron chi connectivity index (χ3n) is 0.874. The lowest BCUT2D eigenvalue weighted by Gasteiger charge is -1.85. The molecule has 1 aromatic heterocycles. The van der Waals surface area contributed by atoms with Crippen LogP contribution in [0.1, 0.15) is 4.88 Å². The summed E-state index contributed by atoms with van der Waals surface area (Å²) in [6, 6.07) is 0. The highest BCUT2D eigenvalue weighted by molar-refractivity contribution is 9.11. The number of hydrogen-bond donors (Lipinski definition) is 1. The molecule has 1 aromatic rings. The van der Waals surface area contributed by atoms with Gasteiger partial charge in [0.15, 0.2) is 3.92 Å². The number of thiazole rings is 1. The maximum absolute atomic E-state index is 10.4. The van der Waals surface area contributed by atoms with Gasteiger partial charge in [-0.05, 0) is 15.9 Å². The molecule has 0 bridgehead atoms. The summed E-state index contributed by atoms with van der Waals surface area (Å²) >= 11 is 4.60. The fourth-order valence-electron chi connectivity index (χ4n) is 0.537. The zero-order chi connectivity index (χ0) is 7.56. The summed E-state index contributed by atoms with van der Waals surface area (Å²) in [5.74, 6) is -0.323. The van der Waals surface area contributed by atoms with E-state index in [9.17, 15) is 4.79 Å². The van der Waals surface area contributed by atoms with Crippen LogP contribution in [-0.2, 0) is 11.2 Å². The molecule has 1 amide bonds. The third kappa shape index (κ3) is 2.07. The second-order valence-corrected chi connectivity index (χ2v) is 4.11. The minimum absolute atomic E-state index is 0.281. The topological polar surface area (TPSA) is 56.0 Å². The van der Waals surface area contributed by atoms with E-state index in [1.54, 1.807) is 6.20 Å². The zero-order valence-electron chi connectivity index (χ0n) is 5.00. The van der Waals surface area contributed by atoms with Crippen molar-refractivity contribution in [2.45, 2.75) is 6.42 Å². The molecule has 0 saturated heterocycles. The largest absolute Gasteiger partial charge is 0.369 e. The minimum atomic E-state index is -0.323. The summed E-state index contributed by atoms with van der Waals surface area (Å²) in [7, 11) is 0. The molecule has 2 N–H and O–H groups in total. The van der Waals surface area contributed by atoms with E-state index in [1.807, 2.05) is 0 Å². The molecule has 0 aliphatic rings. The number of carbonyl (C=O) groups is 1. The molecule has 1 heterocycles. The van der Waals surface area contributed by atoms with Gasteiger partial charge in [-0.2, -0.15) is 0 Å². The molecule has 54 valence electrons. The van der Waals surface area contributed by atoms with Crippen LogP contribution in [0.4, 0.5) is 0 Å². The molecule has 1 rings (SSSR count). The number of amides is 1. The molecule has 0 aliphatic carbocycles. The molecule has 0 fully saturated rings. The molecule has 0 radical (unpaired) electrons. The highest BCUT2D eigenvalue weighted by atomic mass is 79.9. The minimum Gasteiger partial charge on any atom is -0.369 e. The van der Waals surface area contributed by atoms with Gasteiger partial charge in [0.1, 0.15) is 0 Å². The fraction of sp³-hybridized carbons (Fsp3) is 0.200. The van der Waals surface area contributed by atoms with Crippen molar-refractivity contribution < 1.29 is 4.79 Å². The number of aromatic nitrogens is 1. The van der Waals surface area contributed by atoms with E-state index in [4.69, 9.17) is 5.73 Å². The Balaban J connectivity index is 2.67. The summed E-state index contributed by atoms with van der Waals surface area (Å²) < 4.78 is 0.781. The third-order valence-corrected chi connectivity index (χ3v) is 2.35. The molecule has 0 aromatic carbocycles. The summed E-state index contributed by atoms with van der Waals surface area (Å²) in [4.78, 5) is 15.1. The molecule has 0 aliphatic heterocycles. The smallest absolute Gasteiger partial charge is 0.222 e. The summed E-state index contributed by atoms with van der Waals surface area (Å²) in [5.41, 5.74) is 4.96. The standard InChI is InChI=1S/C5H5BrN2OS/c6-5-8-2-3(10-5)1-4(7)9/h2H,1H2,(H2,7,9). The Bertz CT molecular complexity index is 248. The van der Waals surface area contributed by atoms with Gasteiger partial charge < -0.3 is 5.73 Å². The van der Waals surface area contributed by atoms with Gasteiger partial charge in [0, 0.05) is 11.1 Å². The van der Waals surface area contributed by atoms with E-state index in [-0.39, 0.29) is 12.3 Å². The average molecular weight is 221 g/mol. The van der Waals surface area contributed by atoms with Crippen molar-refractivity contribution >= 4 is 33.2 Å². The van der Waals surface area contributed by atoms with Crippen LogP contribution in [0.25, 0.3) is 0 Å². The van der Waals surface area contributed by atoms with Crippen LogP contribution in [-0.4, -0.2) is 10.9 Å². The first kappa shape index (κ1) is 7.68. The predicted molar refractivity (Wildman–Crippen MR) is 42.7 cm³/mol. The molecule has 0 atom stereocenters. The Morgan fingerprint density at radius 1 is 1.90 bits per heavy atom. The number of carbonyl (C=O) groups excluding carboxylic acids is 1. The van der Waals surface area contributed by atoms with Crippen LogP contribution in [0.15, 0.2) is 10.1 Å². The van der Waals surface area contributed by atoms with E-state index >= 15 is 0 Å². The van der Waals surface area contributed by atoms with Crippen LogP contribution in [0.3, 0.4) is 0 Å². The maximum Gasteiger partial charge on any atom is 0.222 e. The molecular weight excluding hydrogens is 216 g/mol. The van der Waals surface area contributed by atoms with Crippen molar-refractivity contribution in [2.75, 3.05) is 0 Å². The van der Waals surface area contributed by atoms with Gasteiger partial charge in [0.2, 0.25) is 5.91 Å². The molecule has 0 spiro atoms. The lowest BCUT2D eigenvalue weighted by atomic mass is 10.4. The summed E-state index contributed by atoms with van der Waals surface area (Å²) in [5, 5.41) is 0. The number of rotatable bonds is 2. The normalized spacial score (nSPS) is 9.70. The second-order valence-electron chi connectivity index (χ2n) is 1.72. The fourth-order valence-corrected chi connectivity index (χ4v) is 1.90. The van der Waals surface area contributed by atoms with Gasteiger partial charge in [-0.1, -0.05) is 0 Å². The highest BCUT2D eigenvalue weighted by Crippen LogP contribution is 2.18. The molecule has 0 unspecified atom stereocenters. The lowest BCUT2D eigenvalue weighted by molar-refractivity contribution is -0.117. The quantitative estimate of drug-likeness (QED) is 0.807.